The van der Waals surface area contributed by atoms with E-state index in [1.807, 2.05) is 0 Å². The summed E-state index contributed by atoms with van der Waals surface area (Å²) in [6.45, 7) is 0. The highest BCUT2D eigenvalue weighted by molar-refractivity contribution is 5.80. The molecule has 0 saturated heterocycles. The molecule has 0 bridgehead atoms. The van der Waals surface area contributed by atoms with Gasteiger partial charge in [-0.2, -0.15) is 13.2 Å². The molecule has 0 spiro atoms. The lowest BCUT2D eigenvalue weighted by Crippen LogP contribution is -2.13. The Labute approximate surface area is 143 Å². The van der Waals surface area contributed by atoms with Crippen LogP contribution in [0.2, 0.25) is 0 Å². The Bertz CT molecular complexity index is 1150. The first kappa shape index (κ1) is 16.0. The molecule has 130 valence electrons. The first-order chi connectivity index (χ1) is 12.3. The third-order valence-electron chi connectivity index (χ3n) is 3.94. The average molecular weight is 358 g/mol. The number of halogens is 3. The van der Waals surface area contributed by atoms with Crippen molar-refractivity contribution in [1.82, 2.24) is 14.4 Å². The van der Waals surface area contributed by atoms with Gasteiger partial charge in [0.1, 0.15) is 5.69 Å². The Morgan fingerprint density at radius 3 is 2.35 bits per heavy atom. The standard InChI is InChI=1S/C17H9F3N4O2/c18-17(19,20)15-9-13(10-5-7-11(8-6-10)24(25)26)22-16-21-12-3-1-2-4-14(12)23(15)16/h1-9H. The minimum Gasteiger partial charge on any atom is -0.272 e. The summed E-state index contributed by atoms with van der Waals surface area (Å²) in [7, 11) is 0. The monoisotopic (exact) mass is 358 g/mol. The van der Waals surface area contributed by atoms with Crippen molar-refractivity contribution < 1.29 is 18.1 Å². The fourth-order valence-corrected chi connectivity index (χ4v) is 2.77. The van der Waals surface area contributed by atoms with Gasteiger partial charge in [0.2, 0.25) is 5.78 Å². The summed E-state index contributed by atoms with van der Waals surface area (Å²) in [4.78, 5) is 18.5. The summed E-state index contributed by atoms with van der Waals surface area (Å²) < 4.78 is 41.8. The number of benzene rings is 2. The molecule has 26 heavy (non-hydrogen) atoms. The first-order valence-corrected chi connectivity index (χ1v) is 7.45. The lowest BCUT2D eigenvalue weighted by atomic mass is 10.1. The third-order valence-corrected chi connectivity index (χ3v) is 3.94. The van der Waals surface area contributed by atoms with Crippen LogP contribution in [0.15, 0.2) is 54.6 Å². The Balaban J connectivity index is 2.00. The zero-order valence-electron chi connectivity index (χ0n) is 12.9. The maximum absolute atomic E-state index is 13.6. The van der Waals surface area contributed by atoms with Gasteiger partial charge in [0.15, 0.2) is 0 Å². The second-order valence-corrected chi connectivity index (χ2v) is 5.56. The van der Waals surface area contributed by atoms with Gasteiger partial charge in [-0.3, -0.25) is 14.5 Å². The maximum Gasteiger partial charge on any atom is 0.431 e. The van der Waals surface area contributed by atoms with E-state index in [0.717, 1.165) is 10.5 Å². The van der Waals surface area contributed by atoms with Gasteiger partial charge in [0, 0.05) is 17.7 Å². The van der Waals surface area contributed by atoms with E-state index < -0.39 is 16.8 Å². The highest BCUT2D eigenvalue weighted by Crippen LogP contribution is 2.34. The van der Waals surface area contributed by atoms with Crippen molar-refractivity contribution in [2.45, 2.75) is 6.18 Å². The lowest BCUT2D eigenvalue weighted by Gasteiger charge is -2.12. The summed E-state index contributed by atoms with van der Waals surface area (Å²) in [6, 6.07) is 12.5. The molecule has 0 aliphatic rings. The SMILES string of the molecule is O=[N+]([O-])c1ccc(-c2cc(C(F)(F)F)n3c(n2)nc2ccccc23)cc1. The van der Waals surface area contributed by atoms with E-state index in [9.17, 15) is 23.3 Å². The molecule has 0 radical (unpaired) electrons. The molecule has 0 aliphatic carbocycles. The predicted octanol–water partition coefficient (Wildman–Crippen LogP) is 4.48. The Morgan fingerprint density at radius 2 is 1.69 bits per heavy atom. The van der Waals surface area contributed by atoms with Crippen LogP contribution in [0.1, 0.15) is 5.69 Å². The van der Waals surface area contributed by atoms with Crippen molar-refractivity contribution in [2.75, 3.05) is 0 Å². The molecule has 0 fully saturated rings. The molecular formula is C17H9F3N4O2. The van der Waals surface area contributed by atoms with Gasteiger partial charge in [-0.05, 0) is 30.3 Å². The van der Waals surface area contributed by atoms with Crippen LogP contribution in [-0.2, 0) is 6.18 Å². The molecule has 2 aromatic heterocycles. The molecule has 0 N–H and O–H groups in total. The molecule has 0 saturated carbocycles. The molecular weight excluding hydrogens is 349 g/mol. The number of non-ortho nitro benzene ring substituents is 1. The summed E-state index contributed by atoms with van der Waals surface area (Å²) in [5.74, 6) is -0.0885. The zero-order valence-corrected chi connectivity index (χ0v) is 12.9. The number of aromatic nitrogens is 3. The van der Waals surface area contributed by atoms with Gasteiger partial charge in [-0.25, -0.2) is 9.97 Å². The Hall–Kier alpha value is -3.49. The molecule has 2 aromatic carbocycles. The Kier molecular flexibility index (Phi) is 3.39. The topological polar surface area (TPSA) is 73.3 Å². The number of nitro benzene ring substituents is 1. The van der Waals surface area contributed by atoms with Crippen LogP contribution in [-0.4, -0.2) is 19.3 Å². The molecule has 6 nitrogen and oxygen atoms in total. The van der Waals surface area contributed by atoms with Gasteiger partial charge in [0.05, 0.1) is 21.7 Å². The van der Waals surface area contributed by atoms with E-state index in [0.29, 0.717) is 16.6 Å². The van der Waals surface area contributed by atoms with Gasteiger partial charge in [-0.15, -0.1) is 0 Å². The number of hydrogen-bond acceptors (Lipinski definition) is 4. The molecule has 0 atom stereocenters. The van der Waals surface area contributed by atoms with Crippen LogP contribution in [0.4, 0.5) is 18.9 Å². The minimum atomic E-state index is -4.62. The van der Waals surface area contributed by atoms with Gasteiger partial charge < -0.3 is 0 Å². The van der Waals surface area contributed by atoms with Gasteiger partial charge in [0.25, 0.3) is 5.69 Å². The smallest absolute Gasteiger partial charge is 0.272 e. The van der Waals surface area contributed by atoms with Crippen molar-refractivity contribution in [3.8, 4) is 11.3 Å². The van der Waals surface area contributed by atoms with Gasteiger partial charge >= 0.3 is 6.18 Å². The number of nitro groups is 1. The van der Waals surface area contributed by atoms with E-state index in [2.05, 4.69) is 9.97 Å². The summed E-state index contributed by atoms with van der Waals surface area (Å²) in [5, 5.41) is 10.7. The van der Waals surface area contributed by atoms with Crippen molar-refractivity contribution in [3.05, 3.63) is 70.4 Å². The van der Waals surface area contributed by atoms with Crippen molar-refractivity contribution in [1.29, 1.82) is 0 Å². The normalized spacial score (nSPS) is 12.0. The zero-order chi connectivity index (χ0) is 18.5. The van der Waals surface area contributed by atoms with E-state index in [-0.39, 0.29) is 17.2 Å². The molecule has 9 heteroatoms. The molecule has 4 aromatic rings. The largest absolute Gasteiger partial charge is 0.431 e. The minimum absolute atomic E-state index is 0.0371. The number of imidazole rings is 1. The first-order valence-electron chi connectivity index (χ1n) is 7.45. The third kappa shape index (κ3) is 2.53. The van der Waals surface area contributed by atoms with Gasteiger partial charge in [-0.1, -0.05) is 12.1 Å². The fraction of sp³-hybridized carbons (Fsp3) is 0.0588. The second kappa shape index (κ2) is 5.51. The maximum atomic E-state index is 13.6. The summed E-state index contributed by atoms with van der Waals surface area (Å²) >= 11 is 0. The van der Waals surface area contributed by atoms with Crippen LogP contribution in [0.5, 0.6) is 0 Å². The summed E-state index contributed by atoms with van der Waals surface area (Å²) in [6.07, 6.45) is -4.62. The number of hydrogen-bond donors (Lipinski definition) is 0. The average Bonchev–Trinajstić information content (AvgIpc) is 2.98. The van der Waals surface area contributed by atoms with Crippen LogP contribution >= 0.6 is 0 Å². The van der Waals surface area contributed by atoms with E-state index >= 15 is 0 Å². The van der Waals surface area contributed by atoms with Crippen molar-refractivity contribution in [2.24, 2.45) is 0 Å². The van der Waals surface area contributed by atoms with E-state index in [1.165, 1.54) is 30.3 Å². The van der Waals surface area contributed by atoms with Crippen LogP contribution < -0.4 is 0 Å². The number of nitrogens with zero attached hydrogens (tertiary/aromatic N) is 4. The highest BCUT2D eigenvalue weighted by Gasteiger charge is 2.35. The molecule has 4 rings (SSSR count). The van der Waals surface area contributed by atoms with Crippen LogP contribution in [0.25, 0.3) is 28.1 Å². The molecule has 0 aliphatic heterocycles. The van der Waals surface area contributed by atoms with Crippen LogP contribution in [0, 0.1) is 10.1 Å². The number of para-hydroxylation sites is 2. The number of alkyl halides is 3. The highest BCUT2D eigenvalue weighted by atomic mass is 19.4. The van der Waals surface area contributed by atoms with Crippen molar-refractivity contribution >= 4 is 22.5 Å². The lowest BCUT2D eigenvalue weighted by molar-refractivity contribution is -0.384. The van der Waals surface area contributed by atoms with E-state index in [1.54, 1.807) is 18.2 Å². The summed E-state index contributed by atoms with van der Waals surface area (Å²) in [5.41, 5.74) is -0.00316. The van der Waals surface area contributed by atoms with Crippen LogP contribution in [0.3, 0.4) is 0 Å². The van der Waals surface area contributed by atoms with E-state index in [4.69, 9.17) is 0 Å². The fourth-order valence-electron chi connectivity index (χ4n) is 2.77. The Morgan fingerprint density at radius 1 is 1.00 bits per heavy atom. The quantitative estimate of drug-likeness (QED) is 0.391. The second-order valence-electron chi connectivity index (χ2n) is 5.56. The molecule has 0 amide bonds. The molecule has 0 unspecified atom stereocenters. The number of rotatable bonds is 2. The number of fused-ring (bicyclic) bond motifs is 3. The molecule has 2 heterocycles. The van der Waals surface area contributed by atoms with Crippen molar-refractivity contribution in [3.63, 3.8) is 0 Å². The predicted molar refractivity (Wildman–Crippen MR) is 87.6 cm³/mol.